The van der Waals surface area contributed by atoms with Crippen molar-refractivity contribution in [2.45, 2.75) is 31.1 Å². The van der Waals surface area contributed by atoms with Crippen LogP contribution in [0, 0.1) is 23.7 Å². The second-order valence-electron chi connectivity index (χ2n) is 15.6. The van der Waals surface area contributed by atoms with Gasteiger partial charge < -0.3 is 4.57 Å². The van der Waals surface area contributed by atoms with Crippen LogP contribution in [-0.4, -0.2) is 9.55 Å². The van der Waals surface area contributed by atoms with Gasteiger partial charge in [-0.05, 0) is 108 Å². The molecule has 2 heteroatoms. The third kappa shape index (κ3) is 4.46. The van der Waals surface area contributed by atoms with Gasteiger partial charge in [-0.1, -0.05) is 133 Å². The molecule has 0 N–H and O–H groups in total. The summed E-state index contributed by atoms with van der Waals surface area (Å²) in [6.45, 7) is 0. The lowest BCUT2D eigenvalue weighted by Gasteiger charge is -2.46. The Kier molecular flexibility index (Phi) is 6.71. The Balaban J connectivity index is 1.02. The maximum absolute atomic E-state index is 5.14. The summed E-state index contributed by atoms with van der Waals surface area (Å²) in [5.74, 6) is 3.14. The number of rotatable bonds is 6. The van der Waals surface area contributed by atoms with Crippen LogP contribution in [0.3, 0.4) is 0 Å². The van der Waals surface area contributed by atoms with E-state index in [0.29, 0.717) is 11.8 Å². The first-order valence-electron chi connectivity index (χ1n) is 19.1. The van der Waals surface area contributed by atoms with Crippen molar-refractivity contribution in [1.82, 2.24) is 9.55 Å². The van der Waals surface area contributed by atoms with Crippen LogP contribution in [0.25, 0.3) is 61.1 Å². The van der Waals surface area contributed by atoms with E-state index in [1.807, 2.05) is 0 Å². The van der Waals surface area contributed by atoms with E-state index >= 15 is 0 Å². The summed E-state index contributed by atoms with van der Waals surface area (Å²) in [7, 11) is 0. The number of nitrogens with zero attached hydrogens (tertiary/aromatic N) is 2. The van der Waals surface area contributed by atoms with E-state index in [2.05, 4.69) is 174 Å². The predicted octanol–water partition coefficient (Wildman–Crippen LogP) is 12.5. The molecular formula is C50H40N2. The highest BCUT2D eigenvalue weighted by atomic mass is 15.0. The molecule has 250 valence electrons. The molecule has 0 radical (unpaired) electrons. The van der Waals surface area contributed by atoms with E-state index in [-0.39, 0.29) is 5.41 Å². The lowest BCUT2D eigenvalue weighted by Crippen LogP contribution is -2.42. The van der Waals surface area contributed by atoms with Gasteiger partial charge in [-0.2, -0.15) is 0 Å². The molecular weight excluding hydrogens is 629 g/mol. The van der Waals surface area contributed by atoms with E-state index in [9.17, 15) is 0 Å². The highest BCUT2D eigenvalue weighted by Gasteiger charge is 2.63. The zero-order valence-electron chi connectivity index (χ0n) is 29.2. The number of para-hydroxylation sites is 2. The summed E-state index contributed by atoms with van der Waals surface area (Å²) in [6, 6.07) is 62.8. The normalized spacial score (nSPS) is 23.2. The van der Waals surface area contributed by atoms with E-state index in [1.54, 1.807) is 0 Å². The molecule has 12 rings (SSSR count). The molecule has 2 nitrogen and oxygen atoms in total. The van der Waals surface area contributed by atoms with E-state index in [1.165, 1.54) is 75.4 Å². The van der Waals surface area contributed by atoms with Crippen LogP contribution in [0.1, 0.15) is 36.8 Å². The van der Waals surface area contributed by atoms with Crippen LogP contribution in [0.15, 0.2) is 170 Å². The van der Waals surface area contributed by atoms with E-state index in [0.717, 1.165) is 34.4 Å². The van der Waals surface area contributed by atoms with Gasteiger partial charge in [0.15, 0.2) is 0 Å². The van der Waals surface area contributed by atoms with Crippen molar-refractivity contribution in [3.05, 3.63) is 181 Å². The molecule has 5 atom stereocenters. The first-order valence-corrected chi connectivity index (χ1v) is 19.1. The Morgan fingerprint density at radius 2 is 1.00 bits per heavy atom. The SMILES string of the molecule is c1ccc(-c2cc(-c3ccc(C4(c5ccc(-n6c7ccccc7c7ccccc76)cc5)C5CC6CC(C5)C4C6)cc3)cc(-c3ccccc3)n2)cc1. The van der Waals surface area contributed by atoms with Crippen LogP contribution in [0.4, 0.5) is 0 Å². The molecule has 0 saturated heterocycles. The summed E-state index contributed by atoms with van der Waals surface area (Å²) < 4.78 is 2.45. The molecule has 4 fully saturated rings. The van der Waals surface area contributed by atoms with Gasteiger partial charge in [0.05, 0.1) is 22.4 Å². The lowest BCUT2D eigenvalue weighted by molar-refractivity contribution is 0.187. The average Bonchev–Trinajstić information content (AvgIpc) is 3.79. The minimum Gasteiger partial charge on any atom is -0.309 e. The molecule has 0 spiro atoms. The molecule has 8 aromatic rings. The highest BCUT2D eigenvalue weighted by molar-refractivity contribution is 6.09. The molecule has 2 heterocycles. The molecule has 0 amide bonds. The fourth-order valence-corrected chi connectivity index (χ4v) is 11.1. The lowest BCUT2D eigenvalue weighted by atomic mass is 9.57. The fraction of sp³-hybridized carbons (Fsp3) is 0.180. The average molecular weight is 669 g/mol. The van der Waals surface area contributed by atoms with Crippen molar-refractivity contribution in [3.8, 4) is 39.3 Å². The first kappa shape index (κ1) is 29.9. The zero-order valence-corrected chi connectivity index (χ0v) is 29.2. The monoisotopic (exact) mass is 668 g/mol. The second kappa shape index (κ2) is 11.6. The molecule has 4 aliphatic carbocycles. The quantitative estimate of drug-likeness (QED) is 0.172. The van der Waals surface area contributed by atoms with Gasteiger partial charge in [-0.15, -0.1) is 0 Å². The topological polar surface area (TPSA) is 17.8 Å². The van der Waals surface area contributed by atoms with Crippen molar-refractivity contribution in [3.63, 3.8) is 0 Å². The number of aromatic nitrogens is 2. The molecule has 4 bridgehead atoms. The van der Waals surface area contributed by atoms with Crippen molar-refractivity contribution < 1.29 is 0 Å². The van der Waals surface area contributed by atoms with Crippen LogP contribution in [-0.2, 0) is 5.41 Å². The van der Waals surface area contributed by atoms with Gasteiger partial charge in [0.2, 0.25) is 0 Å². The summed E-state index contributed by atoms with van der Waals surface area (Å²) >= 11 is 0. The van der Waals surface area contributed by atoms with Gasteiger partial charge in [0.25, 0.3) is 0 Å². The number of fused-ring (bicyclic) bond motifs is 3. The van der Waals surface area contributed by atoms with Crippen molar-refractivity contribution in [1.29, 1.82) is 0 Å². The summed E-state index contributed by atoms with van der Waals surface area (Å²) in [6.07, 6.45) is 5.50. The molecule has 5 unspecified atom stereocenters. The van der Waals surface area contributed by atoms with Gasteiger partial charge in [-0.3, -0.25) is 0 Å². The minimum absolute atomic E-state index is 0.0538. The summed E-state index contributed by atoms with van der Waals surface area (Å²) in [5.41, 5.74) is 13.6. The third-order valence-corrected chi connectivity index (χ3v) is 13.1. The third-order valence-electron chi connectivity index (χ3n) is 13.1. The van der Waals surface area contributed by atoms with Gasteiger partial charge in [0, 0.05) is 33.0 Å². The Morgan fingerprint density at radius 3 is 1.58 bits per heavy atom. The number of hydrogen-bond acceptors (Lipinski definition) is 1. The summed E-state index contributed by atoms with van der Waals surface area (Å²) in [5, 5.41) is 2.62. The highest BCUT2D eigenvalue weighted by Crippen LogP contribution is 2.69. The number of pyridine rings is 1. The Labute approximate surface area is 305 Å². The smallest absolute Gasteiger partial charge is 0.0715 e. The molecule has 2 aromatic heterocycles. The van der Waals surface area contributed by atoms with Gasteiger partial charge in [0.1, 0.15) is 0 Å². The van der Waals surface area contributed by atoms with Crippen molar-refractivity contribution >= 4 is 21.8 Å². The molecule has 6 aromatic carbocycles. The molecule has 4 aliphatic rings. The maximum Gasteiger partial charge on any atom is 0.0715 e. The maximum atomic E-state index is 5.14. The first-order chi connectivity index (χ1) is 25.7. The summed E-state index contributed by atoms with van der Waals surface area (Å²) in [4.78, 5) is 5.14. The van der Waals surface area contributed by atoms with Crippen molar-refractivity contribution in [2.24, 2.45) is 23.7 Å². The van der Waals surface area contributed by atoms with Crippen LogP contribution >= 0.6 is 0 Å². The van der Waals surface area contributed by atoms with Gasteiger partial charge >= 0.3 is 0 Å². The van der Waals surface area contributed by atoms with Crippen LogP contribution in [0.5, 0.6) is 0 Å². The molecule has 52 heavy (non-hydrogen) atoms. The zero-order chi connectivity index (χ0) is 34.2. The second-order valence-corrected chi connectivity index (χ2v) is 15.6. The van der Waals surface area contributed by atoms with E-state index in [4.69, 9.17) is 4.98 Å². The molecule has 0 aliphatic heterocycles. The van der Waals surface area contributed by atoms with Crippen LogP contribution < -0.4 is 0 Å². The van der Waals surface area contributed by atoms with E-state index < -0.39 is 0 Å². The largest absolute Gasteiger partial charge is 0.309 e. The standard InChI is InChI=1S/C50H40N2/c1-3-11-35(12-4-1)46-31-37(32-47(51-46)36-13-5-2-6-14-36)34-19-21-39(22-20-34)50(41-28-33-27-38(30-41)45(50)29-33)40-23-25-42(26-24-40)52-48-17-9-7-15-43(48)44-16-8-10-18-49(44)52/h1-26,31-33,38,41,45H,27-30H2. The molecule has 4 saturated carbocycles. The number of benzene rings is 6. The van der Waals surface area contributed by atoms with Crippen molar-refractivity contribution in [2.75, 3.05) is 0 Å². The Morgan fingerprint density at radius 1 is 0.462 bits per heavy atom. The Hall–Kier alpha value is -5.73. The fourth-order valence-electron chi connectivity index (χ4n) is 11.1. The Bertz CT molecular complexity index is 2470. The van der Waals surface area contributed by atoms with Crippen LogP contribution in [0.2, 0.25) is 0 Å². The minimum atomic E-state index is 0.0538. The number of hydrogen-bond donors (Lipinski definition) is 0. The predicted molar refractivity (Wildman–Crippen MR) is 215 cm³/mol. The van der Waals surface area contributed by atoms with Gasteiger partial charge in [-0.25, -0.2) is 4.98 Å².